The Morgan fingerprint density at radius 3 is 2.44 bits per heavy atom. The number of rotatable bonds is 11. The molecule has 0 saturated heterocycles. The highest BCUT2D eigenvalue weighted by Gasteiger charge is 2.17. The van der Waals surface area contributed by atoms with Gasteiger partial charge in [-0.25, -0.2) is 4.68 Å². The van der Waals surface area contributed by atoms with Crippen molar-refractivity contribution in [1.29, 1.82) is 0 Å². The van der Waals surface area contributed by atoms with Crippen LogP contribution in [0.2, 0.25) is 0 Å². The third kappa shape index (κ3) is 5.81. The summed E-state index contributed by atoms with van der Waals surface area (Å²) in [6.07, 6.45) is 10.3. The van der Waals surface area contributed by atoms with Crippen molar-refractivity contribution >= 4 is 5.91 Å². The summed E-state index contributed by atoms with van der Waals surface area (Å²) in [7, 11) is 0. The van der Waals surface area contributed by atoms with Crippen LogP contribution in [0.25, 0.3) is 0 Å². The van der Waals surface area contributed by atoms with E-state index in [1.54, 1.807) is 35.0 Å². The van der Waals surface area contributed by atoms with E-state index in [-0.39, 0.29) is 5.91 Å². The Balaban J connectivity index is 2.01. The van der Waals surface area contributed by atoms with Gasteiger partial charge in [-0.1, -0.05) is 51.7 Å². The van der Waals surface area contributed by atoms with Gasteiger partial charge < -0.3 is 4.74 Å². The standard InChI is InChI=1S/C23H32N2O2/c1-5-7-8-9-10-11-12-22-18(3)24-25(19(22)4)23(26)20-13-15-21(16-14-20)27-17-6-2/h6,13-16H,2,5,7-12,17H2,1,3-4H3. The van der Waals surface area contributed by atoms with E-state index in [0.29, 0.717) is 12.2 Å². The van der Waals surface area contributed by atoms with Gasteiger partial charge in [-0.3, -0.25) is 4.79 Å². The Morgan fingerprint density at radius 1 is 1.11 bits per heavy atom. The molecular weight excluding hydrogens is 336 g/mol. The molecule has 1 aromatic carbocycles. The number of hydrogen-bond acceptors (Lipinski definition) is 3. The Kier molecular flexibility index (Phi) is 8.31. The van der Waals surface area contributed by atoms with E-state index in [2.05, 4.69) is 18.6 Å². The molecule has 0 aliphatic rings. The van der Waals surface area contributed by atoms with E-state index in [0.717, 1.165) is 30.0 Å². The number of unbranched alkanes of at least 4 members (excludes halogenated alkanes) is 5. The lowest BCUT2D eigenvalue weighted by molar-refractivity contribution is 0.0942. The van der Waals surface area contributed by atoms with Crippen LogP contribution in [0, 0.1) is 13.8 Å². The quantitative estimate of drug-likeness (QED) is 0.380. The molecule has 0 unspecified atom stereocenters. The summed E-state index contributed by atoms with van der Waals surface area (Å²) >= 11 is 0. The van der Waals surface area contributed by atoms with Crippen LogP contribution in [0.5, 0.6) is 5.75 Å². The fourth-order valence-corrected chi connectivity index (χ4v) is 3.29. The predicted molar refractivity (Wildman–Crippen MR) is 111 cm³/mol. The number of carbonyl (C=O) groups is 1. The van der Waals surface area contributed by atoms with Crippen molar-refractivity contribution in [3.8, 4) is 5.75 Å². The summed E-state index contributed by atoms with van der Waals surface area (Å²) in [5, 5.41) is 4.51. The average molecular weight is 369 g/mol. The van der Waals surface area contributed by atoms with Crippen LogP contribution in [-0.4, -0.2) is 22.3 Å². The Labute approximate surface area is 163 Å². The third-order valence-electron chi connectivity index (χ3n) is 4.88. The summed E-state index contributed by atoms with van der Waals surface area (Å²) in [5.74, 6) is 0.628. The summed E-state index contributed by atoms with van der Waals surface area (Å²) in [5.41, 5.74) is 3.74. The third-order valence-corrected chi connectivity index (χ3v) is 4.88. The maximum absolute atomic E-state index is 12.8. The first-order valence-corrected chi connectivity index (χ1v) is 10.0. The minimum atomic E-state index is -0.0972. The first-order valence-electron chi connectivity index (χ1n) is 10.0. The second-order valence-corrected chi connectivity index (χ2v) is 7.01. The van der Waals surface area contributed by atoms with Crippen LogP contribution in [-0.2, 0) is 6.42 Å². The summed E-state index contributed by atoms with van der Waals surface area (Å²) < 4.78 is 7.01. The SMILES string of the molecule is C=CCOc1ccc(C(=O)n2nc(C)c(CCCCCCCC)c2C)cc1. The first kappa shape index (κ1) is 20.9. The molecule has 0 amide bonds. The number of ether oxygens (including phenoxy) is 1. The number of aromatic nitrogens is 2. The van der Waals surface area contributed by atoms with Crippen molar-refractivity contribution in [2.24, 2.45) is 0 Å². The lowest BCUT2D eigenvalue weighted by Crippen LogP contribution is -2.15. The van der Waals surface area contributed by atoms with Gasteiger partial charge in [-0.2, -0.15) is 5.10 Å². The Hall–Kier alpha value is -2.36. The monoisotopic (exact) mass is 368 g/mol. The van der Waals surface area contributed by atoms with Gasteiger partial charge in [0.15, 0.2) is 0 Å². The minimum absolute atomic E-state index is 0.0972. The fraction of sp³-hybridized carbons (Fsp3) is 0.478. The van der Waals surface area contributed by atoms with Crippen LogP contribution in [0.4, 0.5) is 0 Å². The minimum Gasteiger partial charge on any atom is -0.490 e. The second kappa shape index (κ2) is 10.7. The fourth-order valence-electron chi connectivity index (χ4n) is 3.29. The van der Waals surface area contributed by atoms with E-state index in [1.807, 2.05) is 13.8 Å². The lowest BCUT2D eigenvalue weighted by Gasteiger charge is -2.07. The molecule has 4 heteroatoms. The van der Waals surface area contributed by atoms with Gasteiger partial charge in [0.05, 0.1) is 5.69 Å². The predicted octanol–water partition coefficient (Wildman–Crippen LogP) is 5.66. The zero-order valence-corrected chi connectivity index (χ0v) is 17.0. The molecule has 2 rings (SSSR count). The van der Waals surface area contributed by atoms with Crippen LogP contribution >= 0.6 is 0 Å². The van der Waals surface area contributed by atoms with Crippen LogP contribution in [0.3, 0.4) is 0 Å². The van der Waals surface area contributed by atoms with Gasteiger partial charge >= 0.3 is 0 Å². The molecule has 0 spiro atoms. The zero-order chi connectivity index (χ0) is 19.6. The number of benzene rings is 1. The maximum Gasteiger partial charge on any atom is 0.278 e. The molecule has 0 aliphatic carbocycles. The van der Waals surface area contributed by atoms with Gasteiger partial charge in [0.2, 0.25) is 0 Å². The summed E-state index contributed by atoms with van der Waals surface area (Å²) in [6, 6.07) is 7.18. The molecule has 1 aromatic heterocycles. The highest BCUT2D eigenvalue weighted by atomic mass is 16.5. The molecule has 0 saturated carbocycles. The largest absolute Gasteiger partial charge is 0.490 e. The van der Waals surface area contributed by atoms with Gasteiger partial charge in [0, 0.05) is 11.3 Å². The normalized spacial score (nSPS) is 10.8. The molecule has 0 bridgehead atoms. The number of carbonyl (C=O) groups excluding carboxylic acids is 1. The highest BCUT2D eigenvalue weighted by molar-refractivity contribution is 5.96. The summed E-state index contributed by atoms with van der Waals surface area (Å²) in [4.78, 5) is 12.8. The van der Waals surface area contributed by atoms with E-state index in [1.165, 1.54) is 37.7 Å². The van der Waals surface area contributed by atoms with Gasteiger partial charge in [0.25, 0.3) is 5.91 Å². The number of hydrogen-bond donors (Lipinski definition) is 0. The number of nitrogens with zero attached hydrogens (tertiary/aromatic N) is 2. The molecule has 27 heavy (non-hydrogen) atoms. The Bertz CT molecular complexity index is 744. The molecule has 4 nitrogen and oxygen atoms in total. The van der Waals surface area contributed by atoms with Crippen molar-refractivity contribution < 1.29 is 9.53 Å². The molecule has 0 fully saturated rings. The molecule has 1 heterocycles. The molecule has 0 N–H and O–H groups in total. The van der Waals surface area contributed by atoms with Crippen LogP contribution in [0.1, 0.15) is 72.8 Å². The summed E-state index contributed by atoms with van der Waals surface area (Å²) in [6.45, 7) is 10.3. The molecule has 2 aromatic rings. The van der Waals surface area contributed by atoms with E-state index < -0.39 is 0 Å². The van der Waals surface area contributed by atoms with Crippen molar-refractivity contribution in [3.05, 3.63) is 59.4 Å². The first-order chi connectivity index (χ1) is 13.1. The van der Waals surface area contributed by atoms with E-state index >= 15 is 0 Å². The van der Waals surface area contributed by atoms with Gasteiger partial charge in [0.1, 0.15) is 12.4 Å². The van der Waals surface area contributed by atoms with Crippen LogP contribution < -0.4 is 4.74 Å². The van der Waals surface area contributed by atoms with E-state index in [9.17, 15) is 4.79 Å². The molecule has 0 radical (unpaired) electrons. The van der Waals surface area contributed by atoms with E-state index in [4.69, 9.17) is 4.74 Å². The molecule has 0 atom stereocenters. The zero-order valence-electron chi connectivity index (χ0n) is 17.0. The van der Waals surface area contributed by atoms with Crippen molar-refractivity contribution in [2.75, 3.05) is 6.61 Å². The molecular formula is C23H32N2O2. The highest BCUT2D eigenvalue weighted by Crippen LogP contribution is 2.19. The average Bonchev–Trinajstić information content (AvgIpc) is 2.97. The second-order valence-electron chi connectivity index (χ2n) is 7.01. The van der Waals surface area contributed by atoms with Crippen molar-refractivity contribution in [1.82, 2.24) is 9.78 Å². The van der Waals surface area contributed by atoms with Crippen molar-refractivity contribution in [3.63, 3.8) is 0 Å². The topological polar surface area (TPSA) is 44.1 Å². The molecule has 146 valence electrons. The Morgan fingerprint density at radius 2 is 1.78 bits per heavy atom. The van der Waals surface area contributed by atoms with Gasteiger partial charge in [-0.05, 0) is 56.5 Å². The maximum atomic E-state index is 12.8. The molecule has 0 aliphatic heterocycles. The smallest absolute Gasteiger partial charge is 0.278 e. The van der Waals surface area contributed by atoms with Gasteiger partial charge in [-0.15, -0.1) is 0 Å². The number of aryl methyl sites for hydroxylation is 1. The lowest BCUT2D eigenvalue weighted by atomic mass is 10.0. The van der Waals surface area contributed by atoms with Crippen LogP contribution in [0.15, 0.2) is 36.9 Å². The van der Waals surface area contributed by atoms with Crippen molar-refractivity contribution in [2.45, 2.75) is 65.7 Å².